The van der Waals surface area contributed by atoms with E-state index in [1.807, 2.05) is 11.8 Å². The lowest BCUT2D eigenvalue weighted by atomic mass is 9.88. The summed E-state index contributed by atoms with van der Waals surface area (Å²) in [5.74, 6) is 0.210. The molecule has 0 radical (unpaired) electrons. The van der Waals surface area contributed by atoms with Crippen molar-refractivity contribution in [3.8, 4) is 11.1 Å². The maximum atomic E-state index is 7.01. The van der Waals surface area contributed by atoms with E-state index in [1.165, 1.54) is 55.0 Å². The monoisotopic (exact) mass is 736 g/mol. The lowest BCUT2D eigenvalue weighted by Gasteiger charge is -2.40. The van der Waals surface area contributed by atoms with Gasteiger partial charge in [-0.2, -0.15) is 0 Å². The molecule has 0 fully saturated rings. The molecule has 7 aromatic carbocycles. The summed E-state index contributed by atoms with van der Waals surface area (Å²) in [5.41, 5.74) is 13.0. The fraction of sp³-hybridized carbons (Fsp3) is 0.0769. The lowest BCUT2D eigenvalue weighted by Crippen LogP contribution is -2.42. The number of thioether (sulfide) groups is 1. The van der Waals surface area contributed by atoms with Crippen molar-refractivity contribution in [1.29, 1.82) is 0 Å². The summed E-state index contributed by atoms with van der Waals surface area (Å²) >= 11 is 1.98. The van der Waals surface area contributed by atoms with E-state index in [9.17, 15) is 0 Å². The van der Waals surface area contributed by atoms with E-state index in [2.05, 4.69) is 204 Å². The Balaban J connectivity index is 1.06. The summed E-state index contributed by atoms with van der Waals surface area (Å²) < 4.78 is 7.01. The van der Waals surface area contributed by atoms with Gasteiger partial charge in [-0.3, -0.25) is 0 Å². The van der Waals surface area contributed by atoms with Crippen molar-refractivity contribution in [2.45, 2.75) is 28.1 Å². The van der Waals surface area contributed by atoms with Crippen LogP contribution in [0.2, 0.25) is 0 Å². The number of hydrogen-bond acceptors (Lipinski definition) is 4. The molecule has 0 amide bonds. The third-order valence-corrected chi connectivity index (χ3v) is 13.5. The zero-order valence-corrected chi connectivity index (χ0v) is 31.3. The molecule has 0 saturated carbocycles. The van der Waals surface area contributed by atoms with Gasteiger partial charge < -0.3 is 14.2 Å². The Hall–Kier alpha value is -6.49. The minimum Gasteiger partial charge on any atom is -0.454 e. The maximum absolute atomic E-state index is 7.01. The highest BCUT2D eigenvalue weighted by molar-refractivity contribution is 8.01. The van der Waals surface area contributed by atoms with Gasteiger partial charge in [0.15, 0.2) is 5.58 Å². The van der Waals surface area contributed by atoms with Crippen LogP contribution in [0.3, 0.4) is 0 Å². The summed E-state index contributed by atoms with van der Waals surface area (Å²) in [6.07, 6.45) is 14.3. The molecule has 4 atom stereocenters. The number of furan rings is 1. The summed E-state index contributed by atoms with van der Waals surface area (Å²) in [6, 6.07) is 57.3. The number of para-hydroxylation sites is 2. The fourth-order valence-corrected chi connectivity index (χ4v) is 11.1. The maximum Gasteiger partial charge on any atom is 0.159 e. The molecule has 2 aliphatic carbocycles. The molecule has 3 nitrogen and oxygen atoms in total. The number of hydrogen-bond donors (Lipinski definition) is 0. The summed E-state index contributed by atoms with van der Waals surface area (Å²) in [7, 11) is 0. The SMILES string of the molecule is C1=CC(N(C2=CC3C(C=C2)c2ccc4ccccc4c2N3c2ccccc2)c2cccc3c2oc2cc(-c4ccccc4)ccc23)C2Sc3ccccc3C2=C1. The highest BCUT2D eigenvalue weighted by atomic mass is 32.2. The Morgan fingerprint density at radius 1 is 0.643 bits per heavy atom. The van der Waals surface area contributed by atoms with Gasteiger partial charge in [0.2, 0.25) is 0 Å². The second-order valence-electron chi connectivity index (χ2n) is 15.1. The molecule has 266 valence electrons. The van der Waals surface area contributed by atoms with Crippen molar-refractivity contribution in [3.63, 3.8) is 0 Å². The average Bonchev–Trinajstić information content (AvgIpc) is 3.94. The van der Waals surface area contributed by atoms with Crippen LogP contribution in [0.5, 0.6) is 0 Å². The lowest BCUT2D eigenvalue weighted by molar-refractivity contribution is 0.662. The van der Waals surface area contributed by atoms with Crippen LogP contribution >= 0.6 is 11.8 Å². The Bertz CT molecular complexity index is 2990. The topological polar surface area (TPSA) is 19.6 Å². The van der Waals surface area contributed by atoms with Crippen LogP contribution in [0, 0.1) is 0 Å². The average molecular weight is 737 g/mol. The van der Waals surface area contributed by atoms with Crippen LogP contribution in [-0.4, -0.2) is 17.3 Å². The first-order valence-electron chi connectivity index (χ1n) is 19.5. The van der Waals surface area contributed by atoms with E-state index in [1.54, 1.807) is 0 Å². The van der Waals surface area contributed by atoms with Gasteiger partial charge in [0.1, 0.15) is 5.58 Å². The van der Waals surface area contributed by atoms with Gasteiger partial charge in [-0.05, 0) is 81.8 Å². The van der Waals surface area contributed by atoms with Crippen molar-refractivity contribution >= 4 is 67.1 Å². The third kappa shape index (κ3) is 4.79. The van der Waals surface area contributed by atoms with E-state index < -0.39 is 0 Å². The Morgan fingerprint density at radius 3 is 2.36 bits per heavy atom. The standard InChI is InChI=1S/C52H36N2OS/c1-3-13-33(14-4-1)35-26-28-40-43-20-11-22-45(51(43)55-48(40)31-35)53(46-23-12-21-44-41-19-9-10-24-49(41)56-52(44)46)37-27-30-39-42-29-25-34-15-7-8-18-38(34)50(42)54(47(39)32-37)36-16-5-2-6-17-36/h1-32,39,46-47,52H. The van der Waals surface area contributed by atoms with Crippen LogP contribution in [0.4, 0.5) is 17.1 Å². The third-order valence-electron chi connectivity index (χ3n) is 12.1. The molecule has 0 spiro atoms. The van der Waals surface area contributed by atoms with Crippen LogP contribution in [-0.2, 0) is 0 Å². The zero-order chi connectivity index (χ0) is 36.7. The van der Waals surface area contributed by atoms with Gasteiger partial charge >= 0.3 is 0 Å². The van der Waals surface area contributed by atoms with Crippen LogP contribution in [0.1, 0.15) is 17.0 Å². The predicted molar refractivity (Wildman–Crippen MR) is 235 cm³/mol. The molecule has 56 heavy (non-hydrogen) atoms. The number of nitrogens with zero attached hydrogens (tertiary/aromatic N) is 2. The second kappa shape index (κ2) is 12.5. The molecule has 0 saturated heterocycles. The molecule has 1 aromatic heterocycles. The molecular formula is C52H36N2OS. The van der Waals surface area contributed by atoms with E-state index in [0.717, 1.165) is 33.2 Å². The van der Waals surface area contributed by atoms with E-state index in [0.29, 0.717) is 0 Å². The molecule has 4 aliphatic rings. The van der Waals surface area contributed by atoms with Gasteiger partial charge in [0, 0.05) is 38.4 Å². The van der Waals surface area contributed by atoms with Crippen LogP contribution < -0.4 is 9.80 Å². The molecule has 0 bridgehead atoms. The van der Waals surface area contributed by atoms with Crippen molar-refractivity contribution in [3.05, 3.63) is 211 Å². The molecule has 8 aromatic rings. The van der Waals surface area contributed by atoms with E-state index in [-0.39, 0.29) is 23.3 Å². The quantitative estimate of drug-likeness (QED) is 0.175. The first-order chi connectivity index (χ1) is 27.8. The van der Waals surface area contributed by atoms with Gasteiger partial charge in [0.05, 0.1) is 28.7 Å². The van der Waals surface area contributed by atoms with Crippen molar-refractivity contribution in [2.75, 3.05) is 9.80 Å². The summed E-state index contributed by atoms with van der Waals surface area (Å²) in [6.45, 7) is 0. The smallest absolute Gasteiger partial charge is 0.159 e. The van der Waals surface area contributed by atoms with Crippen molar-refractivity contribution in [2.24, 2.45) is 0 Å². The highest BCUT2D eigenvalue weighted by Crippen LogP contribution is 2.54. The summed E-state index contributed by atoms with van der Waals surface area (Å²) in [5, 5.41) is 5.02. The number of rotatable bonds is 5. The number of anilines is 3. The minimum absolute atomic E-state index is 0.0355. The molecule has 3 heterocycles. The first-order valence-corrected chi connectivity index (χ1v) is 20.4. The summed E-state index contributed by atoms with van der Waals surface area (Å²) in [4.78, 5) is 6.50. The number of benzene rings is 7. The van der Waals surface area contributed by atoms with E-state index >= 15 is 0 Å². The Labute approximate surface area is 330 Å². The molecule has 0 N–H and O–H groups in total. The highest BCUT2D eigenvalue weighted by Gasteiger charge is 2.43. The Morgan fingerprint density at radius 2 is 1.45 bits per heavy atom. The molecule has 12 rings (SSSR count). The second-order valence-corrected chi connectivity index (χ2v) is 16.3. The molecule has 4 heteroatoms. The zero-order valence-electron chi connectivity index (χ0n) is 30.5. The van der Waals surface area contributed by atoms with Crippen molar-refractivity contribution < 1.29 is 4.42 Å². The Kier molecular flexibility index (Phi) is 7.12. The van der Waals surface area contributed by atoms with Gasteiger partial charge in [0.25, 0.3) is 0 Å². The molecular weight excluding hydrogens is 701 g/mol. The predicted octanol–water partition coefficient (Wildman–Crippen LogP) is 13.5. The molecule has 2 aliphatic heterocycles. The molecule has 4 unspecified atom stereocenters. The largest absolute Gasteiger partial charge is 0.454 e. The normalized spacial score (nSPS) is 20.5. The van der Waals surface area contributed by atoms with Crippen LogP contribution in [0.25, 0.3) is 49.4 Å². The fourth-order valence-electron chi connectivity index (χ4n) is 9.63. The number of allylic oxidation sites excluding steroid dienone is 3. The van der Waals surface area contributed by atoms with Gasteiger partial charge in [-0.25, -0.2) is 0 Å². The van der Waals surface area contributed by atoms with Gasteiger partial charge in [-0.1, -0.05) is 146 Å². The van der Waals surface area contributed by atoms with E-state index in [4.69, 9.17) is 4.42 Å². The van der Waals surface area contributed by atoms with Crippen LogP contribution in [0.15, 0.2) is 209 Å². The minimum atomic E-state index is 0.0355. The number of fused-ring (bicyclic) bond motifs is 11. The van der Waals surface area contributed by atoms with Gasteiger partial charge in [-0.15, -0.1) is 11.8 Å². The van der Waals surface area contributed by atoms with Crippen molar-refractivity contribution in [1.82, 2.24) is 0 Å². The first kappa shape index (κ1) is 31.8.